The lowest BCUT2D eigenvalue weighted by Gasteiger charge is -1.89. The van der Waals surface area contributed by atoms with Crippen LogP contribution in [0.5, 0.6) is 0 Å². The van der Waals surface area contributed by atoms with Crippen molar-refractivity contribution in [3.05, 3.63) is 53.8 Å². The smallest absolute Gasteiger partial charge is 0.342 e. The third kappa shape index (κ3) is 4.60. The number of aromatic amines is 4. The second-order valence-corrected chi connectivity index (χ2v) is 4.40. The molecule has 0 atom stereocenters. The predicted molar refractivity (Wildman–Crippen MR) is 78.4 cm³/mol. The van der Waals surface area contributed by atoms with Crippen LogP contribution in [0.25, 0.3) is 0 Å². The number of carboxylic acids is 2. The van der Waals surface area contributed by atoms with Crippen LogP contribution < -0.4 is 11.1 Å². The summed E-state index contributed by atoms with van der Waals surface area (Å²) in [6.07, 6.45) is 2.12. The molecule has 0 radical (unpaired) electrons. The zero-order valence-electron chi connectivity index (χ0n) is 10.5. The van der Waals surface area contributed by atoms with E-state index in [0.717, 1.165) is 12.4 Å². The van der Waals surface area contributed by atoms with Crippen molar-refractivity contribution in [2.45, 2.75) is 0 Å². The van der Waals surface area contributed by atoms with Gasteiger partial charge in [-0.05, 0) is 24.4 Å². The molecule has 116 valence electrons. The van der Waals surface area contributed by atoms with Gasteiger partial charge < -0.3 is 20.2 Å². The van der Waals surface area contributed by atoms with Crippen LogP contribution in [-0.4, -0.2) is 42.1 Å². The van der Waals surface area contributed by atoms with Gasteiger partial charge in [-0.3, -0.25) is 19.6 Å². The Hall–Kier alpha value is -2.86. The van der Waals surface area contributed by atoms with Gasteiger partial charge in [0.1, 0.15) is 11.1 Å². The van der Waals surface area contributed by atoms with Crippen LogP contribution in [-0.2, 0) is 0 Å². The van der Waals surface area contributed by atoms with E-state index in [1.807, 2.05) is 0 Å². The van der Waals surface area contributed by atoms with Crippen LogP contribution in [0.3, 0.4) is 0 Å². The second-order valence-electron chi connectivity index (χ2n) is 3.58. The Kier molecular flexibility index (Phi) is 5.65. The second kappa shape index (κ2) is 7.24. The topological polar surface area (TPSA) is 172 Å². The number of rotatable bonds is 2. The molecule has 12 heteroatoms. The van der Waals surface area contributed by atoms with Gasteiger partial charge in [-0.25, -0.2) is 9.59 Å². The molecule has 0 aliphatic heterocycles. The molecule has 2 rings (SSSR count). The van der Waals surface area contributed by atoms with Crippen molar-refractivity contribution in [3.8, 4) is 0 Å². The first-order valence-corrected chi connectivity index (χ1v) is 6.14. The van der Waals surface area contributed by atoms with Crippen molar-refractivity contribution in [3.63, 3.8) is 0 Å². The third-order valence-corrected chi connectivity index (χ3v) is 2.54. The highest BCUT2D eigenvalue weighted by molar-refractivity contribution is 7.71. The number of aromatic nitrogens is 4. The molecule has 2 aromatic rings. The van der Waals surface area contributed by atoms with Crippen molar-refractivity contribution in [2.75, 3.05) is 0 Å². The van der Waals surface area contributed by atoms with E-state index in [0.29, 0.717) is 0 Å². The summed E-state index contributed by atoms with van der Waals surface area (Å²) >= 11 is 9.08. The molecular formula is C10H8N4O6S2. The molecule has 0 aromatic carbocycles. The first-order valence-electron chi connectivity index (χ1n) is 5.33. The molecule has 0 saturated carbocycles. The SMILES string of the molecule is O=C(O)c1c[nH]c(=S)[nH]c1=O.O=C(O)c1c[nH]c(=S)[nH]c1=O. The zero-order chi connectivity index (χ0) is 16.9. The summed E-state index contributed by atoms with van der Waals surface area (Å²) in [6.45, 7) is 0. The Morgan fingerprint density at radius 2 is 1.14 bits per heavy atom. The lowest BCUT2D eigenvalue weighted by Crippen LogP contribution is -2.17. The summed E-state index contributed by atoms with van der Waals surface area (Å²) < 4.78 is 0.222. The highest BCUT2D eigenvalue weighted by Gasteiger charge is 2.06. The number of nitrogens with one attached hydrogen (secondary N) is 4. The van der Waals surface area contributed by atoms with E-state index in [2.05, 4.69) is 44.4 Å². The van der Waals surface area contributed by atoms with Crippen molar-refractivity contribution in [1.82, 2.24) is 19.9 Å². The molecule has 22 heavy (non-hydrogen) atoms. The van der Waals surface area contributed by atoms with E-state index in [1.165, 1.54) is 0 Å². The van der Waals surface area contributed by atoms with Crippen LogP contribution >= 0.6 is 24.4 Å². The van der Waals surface area contributed by atoms with Crippen molar-refractivity contribution < 1.29 is 19.8 Å². The Bertz CT molecular complexity index is 860. The molecule has 10 nitrogen and oxygen atoms in total. The molecule has 0 bridgehead atoms. The molecule has 0 saturated heterocycles. The molecule has 0 amide bonds. The van der Waals surface area contributed by atoms with Gasteiger partial charge >= 0.3 is 11.9 Å². The standard InChI is InChI=1S/2C5H4N2O3S/c2*8-3-2(4(9)10)1-6-5(11)7-3/h2*1H,(H,9,10)(H2,6,7,8,11). The minimum absolute atomic E-state index is 0.111. The highest BCUT2D eigenvalue weighted by Crippen LogP contribution is 1.85. The zero-order valence-corrected chi connectivity index (χ0v) is 12.1. The fourth-order valence-corrected chi connectivity index (χ4v) is 1.44. The van der Waals surface area contributed by atoms with Gasteiger partial charge in [-0.1, -0.05) is 0 Å². The van der Waals surface area contributed by atoms with Crippen LogP contribution in [0.4, 0.5) is 0 Å². The van der Waals surface area contributed by atoms with Gasteiger partial charge in [-0.15, -0.1) is 0 Å². The van der Waals surface area contributed by atoms with E-state index < -0.39 is 23.1 Å². The van der Waals surface area contributed by atoms with Gasteiger partial charge in [0.15, 0.2) is 9.54 Å². The fraction of sp³-hybridized carbons (Fsp3) is 0. The fourth-order valence-electron chi connectivity index (χ4n) is 1.14. The summed E-state index contributed by atoms with van der Waals surface area (Å²) in [4.78, 5) is 51.1. The minimum Gasteiger partial charge on any atom is -0.477 e. The number of carbonyl (C=O) groups is 2. The van der Waals surface area contributed by atoms with Crippen LogP contribution in [0.15, 0.2) is 22.0 Å². The number of carboxylic acid groups (broad SMARTS) is 2. The first kappa shape index (κ1) is 17.2. The Morgan fingerprint density at radius 1 is 0.818 bits per heavy atom. The summed E-state index contributed by atoms with van der Waals surface area (Å²) in [5.41, 5.74) is -2.08. The van der Waals surface area contributed by atoms with Gasteiger partial charge in [0, 0.05) is 12.4 Å². The molecule has 2 heterocycles. The molecular weight excluding hydrogens is 336 g/mol. The first-order chi connectivity index (χ1) is 10.2. The maximum Gasteiger partial charge on any atom is 0.342 e. The Labute approximate surface area is 130 Å². The van der Waals surface area contributed by atoms with Gasteiger partial charge in [0.25, 0.3) is 11.1 Å². The molecule has 0 fully saturated rings. The number of hydrogen-bond acceptors (Lipinski definition) is 6. The van der Waals surface area contributed by atoms with E-state index in [1.54, 1.807) is 0 Å². The molecule has 0 spiro atoms. The maximum absolute atomic E-state index is 10.8. The van der Waals surface area contributed by atoms with E-state index in [9.17, 15) is 19.2 Å². The summed E-state index contributed by atoms with van der Waals surface area (Å²) in [7, 11) is 0. The largest absolute Gasteiger partial charge is 0.477 e. The predicted octanol–water partition coefficient (Wildman–Crippen LogP) is 0.261. The van der Waals surface area contributed by atoms with Crippen LogP contribution in [0, 0.1) is 9.54 Å². The quantitative estimate of drug-likeness (QED) is 0.421. The van der Waals surface area contributed by atoms with Crippen molar-refractivity contribution in [1.29, 1.82) is 0 Å². The highest BCUT2D eigenvalue weighted by atomic mass is 32.1. The molecule has 0 aliphatic carbocycles. The van der Waals surface area contributed by atoms with Gasteiger partial charge in [0.2, 0.25) is 0 Å². The molecule has 2 aromatic heterocycles. The Balaban J connectivity index is 0.000000220. The van der Waals surface area contributed by atoms with E-state index in [4.69, 9.17) is 10.2 Å². The number of hydrogen-bond donors (Lipinski definition) is 6. The summed E-state index contributed by atoms with van der Waals surface area (Å²) in [6, 6.07) is 0. The minimum atomic E-state index is -1.28. The number of H-pyrrole nitrogens is 4. The molecule has 0 aliphatic rings. The van der Waals surface area contributed by atoms with Crippen LogP contribution in [0.1, 0.15) is 20.7 Å². The van der Waals surface area contributed by atoms with Crippen LogP contribution in [0.2, 0.25) is 0 Å². The molecule has 6 N–H and O–H groups in total. The van der Waals surface area contributed by atoms with Gasteiger partial charge in [-0.2, -0.15) is 0 Å². The Morgan fingerprint density at radius 3 is 1.36 bits per heavy atom. The normalized spacial score (nSPS) is 9.45. The monoisotopic (exact) mass is 344 g/mol. The average Bonchev–Trinajstić information content (AvgIpc) is 2.38. The average molecular weight is 344 g/mol. The lowest BCUT2D eigenvalue weighted by molar-refractivity contribution is 0.0683. The molecule has 0 unspecified atom stereocenters. The lowest BCUT2D eigenvalue weighted by atomic mass is 10.3. The third-order valence-electron chi connectivity index (χ3n) is 2.10. The number of aromatic carboxylic acids is 2. The summed E-state index contributed by atoms with van der Waals surface area (Å²) in [5.74, 6) is -2.56. The van der Waals surface area contributed by atoms with Gasteiger partial charge in [0.05, 0.1) is 0 Å². The van der Waals surface area contributed by atoms with Crippen molar-refractivity contribution in [2.24, 2.45) is 0 Å². The van der Waals surface area contributed by atoms with E-state index in [-0.39, 0.29) is 20.7 Å². The summed E-state index contributed by atoms with van der Waals surface area (Å²) in [5, 5.41) is 16.8. The van der Waals surface area contributed by atoms with Crippen molar-refractivity contribution >= 4 is 36.4 Å². The maximum atomic E-state index is 10.8. The van der Waals surface area contributed by atoms with E-state index >= 15 is 0 Å².